The second-order valence-corrected chi connectivity index (χ2v) is 6.81. The summed E-state index contributed by atoms with van der Waals surface area (Å²) in [5, 5.41) is 2.72. The quantitative estimate of drug-likeness (QED) is 0.770. The summed E-state index contributed by atoms with van der Waals surface area (Å²) in [6.45, 7) is 1.97. The molecule has 1 N–H and O–H groups in total. The predicted molar refractivity (Wildman–Crippen MR) is 103 cm³/mol. The zero-order valence-electron chi connectivity index (χ0n) is 15.0. The number of Topliss-reactive ketones (excluding diaryl/α,β-unsaturated/α-hetero) is 1. The number of hydrogen-bond acceptors (Lipinski definition) is 4. The molecule has 5 heteroatoms. The molecule has 3 aromatic rings. The summed E-state index contributed by atoms with van der Waals surface area (Å²) in [5.74, 6) is 0.0980. The van der Waals surface area contributed by atoms with Crippen molar-refractivity contribution in [2.45, 2.75) is 25.7 Å². The van der Waals surface area contributed by atoms with Gasteiger partial charge >= 0.3 is 0 Å². The van der Waals surface area contributed by atoms with E-state index in [1.807, 2.05) is 49.4 Å². The van der Waals surface area contributed by atoms with E-state index in [1.165, 1.54) is 6.20 Å². The van der Waals surface area contributed by atoms with E-state index in [-0.39, 0.29) is 23.6 Å². The van der Waals surface area contributed by atoms with Crippen molar-refractivity contribution in [1.82, 2.24) is 9.97 Å². The van der Waals surface area contributed by atoms with Gasteiger partial charge in [-0.15, -0.1) is 0 Å². The third-order valence-corrected chi connectivity index (χ3v) is 4.85. The van der Waals surface area contributed by atoms with Crippen LogP contribution in [0, 0.1) is 6.92 Å². The second kappa shape index (κ2) is 7.11. The van der Waals surface area contributed by atoms with Crippen LogP contribution in [0.1, 0.15) is 49.9 Å². The molecule has 1 aromatic heterocycles. The maximum Gasteiger partial charge on any atom is 0.258 e. The van der Waals surface area contributed by atoms with Gasteiger partial charge in [-0.2, -0.15) is 0 Å². The van der Waals surface area contributed by atoms with Crippen LogP contribution in [0.2, 0.25) is 0 Å². The van der Waals surface area contributed by atoms with Crippen LogP contribution in [0.15, 0.2) is 60.8 Å². The molecular weight excluding hydrogens is 338 g/mol. The van der Waals surface area contributed by atoms with E-state index in [2.05, 4.69) is 15.3 Å². The van der Waals surface area contributed by atoms with Crippen molar-refractivity contribution in [2.75, 3.05) is 5.32 Å². The Kier molecular flexibility index (Phi) is 4.50. The van der Waals surface area contributed by atoms with Gasteiger partial charge in [-0.25, -0.2) is 9.97 Å². The lowest BCUT2D eigenvalue weighted by atomic mass is 9.82. The molecule has 1 unspecified atom stereocenters. The molecule has 0 saturated heterocycles. The molecule has 27 heavy (non-hydrogen) atoms. The fourth-order valence-corrected chi connectivity index (χ4v) is 3.34. The van der Waals surface area contributed by atoms with E-state index < -0.39 is 0 Å². The third kappa shape index (κ3) is 3.62. The zero-order chi connectivity index (χ0) is 18.8. The Labute approximate surface area is 157 Å². The van der Waals surface area contributed by atoms with Crippen LogP contribution in [0.4, 0.5) is 5.95 Å². The van der Waals surface area contributed by atoms with Crippen molar-refractivity contribution in [2.24, 2.45) is 0 Å². The summed E-state index contributed by atoms with van der Waals surface area (Å²) in [6, 6.07) is 17.3. The monoisotopic (exact) mass is 357 g/mol. The molecule has 1 atom stereocenters. The smallest absolute Gasteiger partial charge is 0.258 e. The summed E-state index contributed by atoms with van der Waals surface area (Å²) >= 11 is 0. The van der Waals surface area contributed by atoms with Crippen LogP contribution in [-0.4, -0.2) is 21.7 Å². The Morgan fingerprint density at radius 1 is 1.04 bits per heavy atom. The summed E-state index contributed by atoms with van der Waals surface area (Å²) < 4.78 is 0. The highest BCUT2D eigenvalue weighted by Gasteiger charge is 2.28. The topological polar surface area (TPSA) is 72.0 Å². The van der Waals surface area contributed by atoms with Crippen LogP contribution in [0.5, 0.6) is 0 Å². The van der Waals surface area contributed by atoms with E-state index in [9.17, 15) is 9.59 Å². The number of fused-ring (bicyclic) bond motifs is 1. The Morgan fingerprint density at radius 3 is 2.52 bits per heavy atom. The van der Waals surface area contributed by atoms with E-state index in [4.69, 9.17) is 0 Å². The number of carbonyl (C=O) groups is 2. The molecule has 0 fully saturated rings. The van der Waals surface area contributed by atoms with Crippen molar-refractivity contribution in [3.05, 3.63) is 88.7 Å². The lowest BCUT2D eigenvalue weighted by molar-refractivity contribution is 0.0962. The van der Waals surface area contributed by atoms with Crippen molar-refractivity contribution in [3.63, 3.8) is 0 Å². The first-order valence-corrected chi connectivity index (χ1v) is 8.92. The number of carbonyl (C=O) groups excluding carboxylic acids is 2. The molecule has 1 aliphatic carbocycles. The van der Waals surface area contributed by atoms with Gasteiger partial charge in [0.25, 0.3) is 5.91 Å². The normalized spacial score (nSPS) is 15.9. The number of amides is 1. The van der Waals surface area contributed by atoms with Gasteiger partial charge in [0.1, 0.15) is 0 Å². The van der Waals surface area contributed by atoms with Crippen LogP contribution < -0.4 is 5.32 Å². The molecule has 0 spiro atoms. The van der Waals surface area contributed by atoms with Gasteiger partial charge in [0.15, 0.2) is 5.78 Å². The summed E-state index contributed by atoms with van der Waals surface area (Å²) in [7, 11) is 0. The minimum atomic E-state index is -0.267. The molecule has 0 radical (unpaired) electrons. The van der Waals surface area contributed by atoms with E-state index in [0.29, 0.717) is 29.7 Å². The molecule has 5 nitrogen and oxygen atoms in total. The van der Waals surface area contributed by atoms with Gasteiger partial charge < -0.3 is 0 Å². The van der Waals surface area contributed by atoms with Gasteiger partial charge in [0.05, 0.1) is 11.3 Å². The van der Waals surface area contributed by atoms with Gasteiger partial charge in [-0.05, 0) is 37.0 Å². The molecule has 0 bridgehead atoms. The van der Waals surface area contributed by atoms with Crippen LogP contribution in [-0.2, 0) is 6.42 Å². The van der Waals surface area contributed by atoms with Gasteiger partial charge in [-0.3, -0.25) is 14.9 Å². The molecule has 4 rings (SSSR count). The third-order valence-electron chi connectivity index (χ3n) is 4.85. The molecule has 134 valence electrons. The number of ketones is 1. The van der Waals surface area contributed by atoms with Crippen LogP contribution in [0.3, 0.4) is 0 Å². The van der Waals surface area contributed by atoms with E-state index in [1.54, 1.807) is 12.1 Å². The zero-order valence-corrected chi connectivity index (χ0v) is 15.0. The van der Waals surface area contributed by atoms with Crippen molar-refractivity contribution in [1.29, 1.82) is 0 Å². The van der Waals surface area contributed by atoms with E-state index >= 15 is 0 Å². The Bertz CT molecular complexity index is 998. The largest absolute Gasteiger partial charge is 0.294 e. The van der Waals surface area contributed by atoms with Crippen molar-refractivity contribution < 1.29 is 9.59 Å². The molecular formula is C22H19N3O2. The summed E-state index contributed by atoms with van der Waals surface area (Å²) in [4.78, 5) is 33.5. The fourth-order valence-electron chi connectivity index (χ4n) is 3.34. The molecule has 0 saturated carbocycles. The Balaban J connectivity index is 1.57. The minimum absolute atomic E-state index is 0.0431. The van der Waals surface area contributed by atoms with Gasteiger partial charge in [0.2, 0.25) is 5.95 Å². The van der Waals surface area contributed by atoms with E-state index in [0.717, 1.165) is 11.1 Å². The van der Waals surface area contributed by atoms with Gasteiger partial charge in [0, 0.05) is 18.2 Å². The molecule has 0 aliphatic heterocycles. The number of nitrogens with one attached hydrogen (secondary N) is 1. The number of hydrogen-bond donors (Lipinski definition) is 1. The highest BCUT2D eigenvalue weighted by Crippen LogP contribution is 2.31. The molecule has 1 amide bonds. The second-order valence-electron chi connectivity index (χ2n) is 6.81. The molecule has 1 heterocycles. The average Bonchev–Trinajstić information content (AvgIpc) is 2.69. The first kappa shape index (κ1) is 17.1. The van der Waals surface area contributed by atoms with Gasteiger partial charge in [-0.1, -0.05) is 48.0 Å². The lowest BCUT2D eigenvalue weighted by Crippen LogP contribution is -2.22. The Morgan fingerprint density at radius 2 is 1.78 bits per heavy atom. The summed E-state index contributed by atoms with van der Waals surface area (Å²) in [6.07, 6.45) is 2.63. The first-order chi connectivity index (χ1) is 13.1. The highest BCUT2D eigenvalue weighted by molar-refractivity contribution is 6.03. The number of aryl methyl sites for hydroxylation is 1. The number of rotatable bonds is 3. The SMILES string of the molecule is Cc1ccc(C(=O)Nc2ncc3c(n2)CC(c2ccccc2)CC3=O)cc1. The number of anilines is 1. The first-order valence-electron chi connectivity index (χ1n) is 8.92. The average molecular weight is 357 g/mol. The maximum absolute atomic E-state index is 12.5. The number of benzene rings is 2. The highest BCUT2D eigenvalue weighted by atomic mass is 16.1. The lowest BCUT2D eigenvalue weighted by Gasteiger charge is -2.23. The van der Waals surface area contributed by atoms with Crippen LogP contribution >= 0.6 is 0 Å². The number of nitrogens with zero attached hydrogens (tertiary/aromatic N) is 2. The van der Waals surface area contributed by atoms with Crippen molar-refractivity contribution >= 4 is 17.6 Å². The molecule has 1 aliphatic rings. The van der Waals surface area contributed by atoms with Crippen LogP contribution in [0.25, 0.3) is 0 Å². The maximum atomic E-state index is 12.5. The summed E-state index contributed by atoms with van der Waals surface area (Å²) in [5.41, 5.74) is 3.99. The number of aromatic nitrogens is 2. The molecule has 2 aromatic carbocycles. The standard InChI is InChI=1S/C22H19N3O2/c1-14-7-9-16(10-8-14)21(27)25-22-23-13-18-19(24-22)11-17(12-20(18)26)15-5-3-2-4-6-15/h2-10,13,17H,11-12H2,1H3,(H,23,24,25,27). The Hall–Kier alpha value is -3.34. The minimum Gasteiger partial charge on any atom is -0.294 e. The van der Waals surface area contributed by atoms with Crippen molar-refractivity contribution in [3.8, 4) is 0 Å². The predicted octanol–water partition coefficient (Wildman–Crippen LogP) is 3.95. The fraction of sp³-hybridized carbons (Fsp3) is 0.182.